The molecule has 7 rings (SSSR count). The maximum Gasteiger partial charge on any atom is 0.471 e. The molecule has 0 atom stereocenters. The van der Waals surface area contributed by atoms with E-state index in [0.29, 0.717) is 24.5 Å². The first-order valence-electron chi connectivity index (χ1n) is 17.6. The van der Waals surface area contributed by atoms with Gasteiger partial charge in [-0.05, 0) is 50.7 Å². The number of hydrogen-bond donors (Lipinski definition) is 1. The maximum atomic E-state index is 12.6. The van der Waals surface area contributed by atoms with Gasteiger partial charge in [-0.15, -0.1) is 10.2 Å². The molecule has 2 aromatic carbocycles. The minimum atomic E-state index is -5.02. The molecule has 2 fully saturated rings. The zero-order chi connectivity index (χ0) is 39.4. The van der Waals surface area contributed by atoms with Crippen LogP contribution in [0.5, 0.6) is 0 Å². The van der Waals surface area contributed by atoms with Crippen LogP contribution in [0.15, 0.2) is 77.7 Å². The van der Waals surface area contributed by atoms with Crippen molar-refractivity contribution in [2.24, 2.45) is 0 Å². The van der Waals surface area contributed by atoms with Crippen LogP contribution in [0.1, 0.15) is 88.7 Å². The first kappa shape index (κ1) is 39.2. The van der Waals surface area contributed by atoms with Gasteiger partial charge >= 0.3 is 24.2 Å². The van der Waals surface area contributed by atoms with Gasteiger partial charge in [-0.2, -0.15) is 26.3 Å². The van der Waals surface area contributed by atoms with Gasteiger partial charge < -0.3 is 9.73 Å². The van der Waals surface area contributed by atoms with Crippen molar-refractivity contribution >= 4 is 11.7 Å². The lowest BCUT2D eigenvalue weighted by Gasteiger charge is -2.42. The van der Waals surface area contributed by atoms with Gasteiger partial charge in [-0.3, -0.25) is 9.59 Å². The molecule has 0 saturated heterocycles. The SMILES string of the molecule is Cc1cccc(C2(Cc3ncc(-c4nnc(C(F)(F)F)o4)cn3)CCC2)c1.Cc1cccc(C2(Cc3ncc(C(=O)CNC(=O)C(F)(F)F)cn3)CCC2)c1. The average molecular weight is 766 g/mol. The third kappa shape index (κ3) is 9.23. The Labute approximate surface area is 312 Å². The maximum absolute atomic E-state index is 12.6. The highest BCUT2D eigenvalue weighted by atomic mass is 19.4. The third-order valence-electron chi connectivity index (χ3n) is 10.2. The van der Waals surface area contributed by atoms with Crippen molar-refractivity contribution in [3.05, 3.63) is 119 Å². The lowest BCUT2D eigenvalue weighted by Crippen LogP contribution is -2.39. The van der Waals surface area contributed by atoms with Gasteiger partial charge in [0, 0.05) is 48.5 Å². The highest BCUT2D eigenvalue weighted by Gasteiger charge is 2.42. The number of ketones is 1. The molecule has 10 nitrogen and oxygen atoms in total. The van der Waals surface area contributed by atoms with Crippen molar-refractivity contribution in [3.8, 4) is 11.5 Å². The molecule has 3 heterocycles. The predicted molar refractivity (Wildman–Crippen MR) is 187 cm³/mol. The largest absolute Gasteiger partial charge is 0.471 e. The number of rotatable bonds is 10. The topological polar surface area (TPSA) is 137 Å². The molecule has 0 unspecified atom stereocenters. The summed E-state index contributed by atoms with van der Waals surface area (Å²) >= 11 is 0. The normalized spacial score (nSPS) is 15.9. The number of alkyl halides is 6. The third-order valence-corrected chi connectivity index (χ3v) is 10.2. The zero-order valence-corrected chi connectivity index (χ0v) is 30.0. The summed E-state index contributed by atoms with van der Waals surface area (Å²) in [6.07, 6.45) is 3.58. The van der Waals surface area contributed by atoms with E-state index in [-0.39, 0.29) is 27.8 Å². The Kier molecular flexibility index (Phi) is 11.2. The standard InChI is InChI=1S/C20H20F3N3O2.C19H17F3N4O/c1-13-4-2-5-15(8-13)19(6-3-7-19)9-17-24-10-14(11-25-17)16(27)12-26-18(28)20(21,22)23;1-12-4-2-5-14(8-12)18(6-3-7-18)9-15-23-10-13(11-24-15)16-25-26-17(27-16)19(20,21)22/h2,4-5,8,10-11H,3,6-7,9,12H2,1H3,(H,26,28);2,4-5,8,10-11H,3,6-7,9H2,1H3. The summed E-state index contributed by atoms with van der Waals surface area (Å²) < 4.78 is 78.9. The second kappa shape index (κ2) is 15.7. The number of hydrogen-bond acceptors (Lipinski definition) is 9. The zero-order valence-electron chi connectivity index (χ0n) is 30.0. The number of aryl methyl sites for hydroxylation is 2. The van der Waals surface area contributed by atoms with Crippen LogP contribution in [-0.4, -0.2) is 54.5 Å². The predicted octanol–water partition coefficient (Wildman–Crippen LogP) is 7.83. The second-order valence-electron chi connectivity index (χ2n) is 14.1. The van der Waals surface area contributed by atoms with Crippen LogP contribution >= 0.6 is 0 Å². The smallest absolute Gasteiger partial charge is 0.413 e. The highest BCUT2D eigenvalue weighted by Crippen LogP contribution is 2.47. The minimum Gasteiger partial charge on any atom is -0.413 e. The summed E-state index contributed by atoms with van der Waals surface area (Å²) in [5.74, 6) is -3.22. The van der Waals surface area contributed by atoms with Crippen LogP contribution in [0.4, 0.5) is 26.3 Å². The molecular formula is C39H37F6N7O3. The summed E-state index contributed by atoms with van der Waals surface area (Å²) in [6, 6.07) is 16.8. The Morgan fingerprint density at radius 2 is 1.22 bits per heavy atom. The second-order valence-corrected chi connectivity index (χ2v) is 14.1. The number of halogens is 6. The summed E-state index contributed by atoms with van der Waals surface area (Å²) in [5.41, 5.74) is 5.27. The van der Waals surface area contributed by atoms with Gasteiger partial charge in [0.05, 0.1) is 17.7 Å². The first-order chi connectivity index (χ1) is 26.1. The van der Waals surface area contributed by atoms with E-state index in [4.69, 9.17) is 0 Å². The molecule has 0 spiro atoms. The van der Waals surface area contributed by atoms with Crippen molar-refractivity contribution in [2.75, 3.05) is 6.54 Å². The quantitative estimate of drug-likeness (QED) is 0.111. The molecule has 288 valence electrons. The Balaban J connectivity index is 0.000000187. The monoisotopic (exact) mass is 765 g/mol. The van der Waals surface area contributed by atoms with E-state index in [1.165, 1.54) is 47.0 Å². The Hall–Kier alpha value is -5.54. The molecule has 2 aliphatic carbocycles. The molecular weight excluding hydrogens is 728 g/mol. The van der Waals surface area contributed by atoms with Crippen molar-refractivity contribution in [1.82, 2.24) is 35.5 Å². The fourth-order valence-corrected chi connectivity index (χ4v) is 6.86. The highest BCUT2D eigenvalue weighted by molar-refractivity contribution is 5.99. The van der Waals surface area contributed by atoms with Crippen molar-refractivity contribution in [3.63, 3.8) is 0 Å². The van der Waals surface area contributed by atoms with Crippen LogP contribution in [-0.2, 0) is 34.6 Å². The van der Waals surface area contributed by atoms with Gasteiger partial charge in [0.1, 0.15) is 11.6 Å². The van der Waals surface area contributed by atoms with E-state index >= 15 is 0 Å². The molecule has 0 aliphatic heterocycles. The van der Waals surface area contributed by atoms with Crippen LogP contribution in [0.2, 0.25) is 0 Å². The summed E-state index contributed by atoms with van der Waals surface area (Å²) in [4.78, 5) is 39.8. The van der Waals surface area contributed by atoms with E-state index in [1.54, 1.807) is 5.32 Å². The molecule has 1 N–H and O–H groups in total. The number of carbonyl (C=O) groups excluding carboxylic acids is 2. The fraction of sp³-hybridized carbons (Fsp3) is 0.385. The molecule has 1 amide bonds. The molecule has 5 aromatic rings. The van der Waals surface area contributed by atoms with E-state index < -0.39 is 36.5 Å². The number of amides is 1. The van der Waals surface area contributed by atoms with E-state index in [2.05, 4.69) is 77.9 Å². The molecule has 3 aromatic heterocycles. The van der Waals surface area contributed by atoms with Gasteiger partial charge in [-0.1, -0.05) is 72.5 Å². The number of benzene rings is 2. The molecule has 0 bridgehead atoms. The lowest BCUT2D eigenvalue weighted by molar-refractivity contribution is -0.173. The average Bonchev–Trinajstić information content (AvgIpc) is 3.62. The van der Waals surface area contributed by atoms with Crippen LogP contribution in [0, 0.1) is 13.8 Å². The Morgan fingerprint density at radius 3 is 1.62 bits per heavy atom. The van der Waals surface area contributed by atoms with Crippen molar-refractivity contribution in [1.29, 1.82) is 0 Å². The van der Waals surface area contributed by atoms with Crippen LogP contribution < -0.4 is 5.32 Å². The summed E-state index contributed by atoms with van der Waals surface area (Å²) in [7, 11) is 0. The molecule has 16 heteroatoms. The van der Waals surface area contributed by atoms with Gasteiger partial charge in [0.25, 0.3) is 5.89 Å². The Morgan fingerprint density at radius 1 is 0.727 bits per heavy atom. The number of nitrogens with one attached hydrogen (secondary N) is 1. The molecule has 2 saturated carbocycles. The van der Waals surface area contributed by atoms with E-state index in [0.717, 1.165) is 38.5 Å². The number of Topliss-reactive ketones (excluding diaryl/α,β-unsaturated/α-hetero) is 1. The number of nitrogens with zero attached hydrogens (tertiary/aromatic N) is 6. The van der Waals surface area contributed by atoms with Gasteiger partial charge in [-0.25, -0.2) is 19.9 Å². The van der Waals surface area contributed by atoms with Crippen LogP contribution in [0.3, 0.4) is 0 Å². The number of carbonyl (C=O) groups is 2. The van der Waals surface area contributed by atoms with Crippen LogP contribution in [0.25, 0.3) is 11.5 Å². The molecule has 0 radical (unpaired) electrons. The lowest BCUT2D eigenvalue weighted by atomic mass is 9.62. The summed E-state index contributed by atoms with van der Waals surface area (Å²) in [6.45, 7) is 3.36. The Bertz CT molecular complexity index is 2130. The summed E-state index contributed by atoms with van der Waals surface area (Å²) in [5, 5.41) is 7.99. The van der Waals surface area contributed by atoms with E-state index in [1.807, 2.05) is 19.1 Å². The van der Waals surface area contributed by atoms with Crippen molar-refractivity contribution in [2.45, 2.75) is 88.4 Å². The van der Waals surface area contributed by atoms with E-state index in [9.17, 15) is 35.9 Å². The van der Waals surface area contributed by atoms with Gasteiger partial charge in [0.15, 0.2) is 5.78 Å². The van der Waals surface area contributed by atoms with Gasteiger partial charge in [0.2, 0.25) is 0 Å². The molecule has 55 heavy (non-hydrogen) atoms. The number of aromatic nitrogens is 6. The minimum absolute atomic E-state index is 0.0156. The molecule has 2 aliphatic rings. The fourth-order valence-electron chi connectivity index (χ4n) is 6.86. The first-order valence-corrected chi connectivity index (χ1v) is 17.6. The van der Waals surface area contributed by atoms with Crippen molar-refractivity contribution < 1.29 is 40.3 Å².